The molecule has 0 N–H and O–H groups in total. The van der Waals surface area contributed by atoms with E-state index in [0.717, 1.165) is 18.2 Å². The van der Waals surface area contributed by atoms with E-state index < -0.39 is 11.6 Å². The number of fused-ring (bicyclic) bond motifs is 1. The van der Waals surface area contributed by atoms with Crippen LogP contribution in [0.5, 0.6) is 0 Å². The van der Waals surface area contributed by atoms with Gasteiger partial charge in [-0.1, -0.05) is 0 Å². The van der Waals surface area contributed by atoms with Crippen molar-refractivity contribution in [1.82, 2.24) is 14.5 Å². The van der Waals surface area contributed by atoms with Crippen molar-refractivity contribution in [2.45, 2.75) is 13.0 Å². The molecule has 0 bridgehead atoms. The zero-order valence-electron chi connectivity index (χ0n) is 14.5. The topological polar surface area (TPSA) is 38.1 Å². The zero-order chi connectivity index (χ0) is 19.1. The molecule has 1 amide bonds. The van der Waals surface area contributed by atoms with Crippen LogP contribution in [0.25, 0.3) is 11.4 Å². The van der Waals surface area contributed by atoms with E-state index in [9.17, 15) is 18.0 Å². The van der Waals surface area contributed by atoms with Crippen LogP contribution in [0.4, 0.5) is 13.2 Å². The van der Waals surface area contributed by atoms with E-state index >= 15 is 0 Å². The molecule has 4 nitrogen and oxygen atoms in total. The van der Waals surface area contributed by atoms with Gasteiger partial charge >= 0.3 is 0 Å². The van der Waals surface area contributed by atoms with Gasteiger partial charge in [-0.2, -0.15) is 0 Å². The van der Waals surface area contributed by atoms with Crippen molar-refractivity contribution in [3.05, 3.63) is 76.9 Å². The minimum atomic E-state index is -0.549. The summed E-state index contributed by atoms with van der Waals surface area (Å²) in [6.45, 7) is 0.348. The second-order valence-corrected chi connectivity index (χ2v) is 6.51. The van der Waals surface area contributed by atoms with E-state index in [1.165, 1.54) is 17.0 Å². The molecule has 0 spiro atoms. The predicted molar refractivity (Wildman–Crippen MR) is 93.4 cm³/mol. The molecule has 4 rings (SSSR count). The van der Waals surface area contributed by atoms with Crippen LogP contribution < -0.4 is 0 Å². The summed E-state index contributed by atoms with van der Waals surface area (Å²) in [6, 6.07) is 9.09. The quantitative estimate of drug-likeness (QED) is 0.704. The summed E-state index contributed by atoms with van der Waals surface area (Å²) in [5.74, 6) is -1.17. The van der Waals surface area contributed by atoms with E-state index in [2.05, 4.69) is 4.98 Å². The standard InChI is InChI=1S/C20H16F3N3O/c1-25-18-17(24-19(25)12-2-4-14(21)5-3-12)8-9-26(20(18)27)11-13-10-15(22)6-7-16(13)23/h2-7,10H,8-9,11H2,1H3. The minimum absolute atomic E-state index is 0.0150. The molecule has 0 unspecified atom stereocenters. The molecule has 0 saturated heterocycles. The monoisotopic (exact) mass is 371 g/mol. The van der Waals surface area contributed by atoms with Crippen LogP contribution in [0.1, 0.15) is 21.7 Å². The lowest BCUT2D eigenvalue weighted by Gasteiger charge is -2.27. The molecular formula is C20H16F3N3O. The SMILES string of the molecule is Cn1c(-c2ccc(F)cc2)nc2c1C(=O)N(Cc1cc(F)ccc1F)CC2. The number of amides is 1. The van der Waals surface area contributed by atoms with Crippen molar-refractivity contribution >= 4 is 5.91 Å². The van der Waals surface area contributed by atoms with Crippen LogP contribution in [0.15, 0.2) is 42.5 Å². The molecule has 0 aliphatic carbocycles. The maximum atomic E-state index is 13.9. The van der Waals surface area contributed by atoms with Crippen LogP contribution in [0, 0.1) is 17.5 Å². The molecule has 138 valence electrons. The molecular weight excluding hydrogens is 355 g/mol. The van der Waals surface area contributed by atoms with Gasteiger partial charge in [0.15, 0.2) is 0 Å². The Labute approximate surface area is 153 Å². The normalized spacial score (nSPS) is 13.8. The average Bonchev–Trinajstić information content (AvgIpc) is 2.98. The number of rotatable bonds is 3. The fourth-order valence-electron chi connectivity index (χ4n) is 3.37. The minimum Gasteiger partial charge on any atom is -0.332 e. The summed E-state index contributed by atoms with van der Waals surface area (Å²) >= 11 is 0. The second kappa shape index (κ2) is 6.57. The Kier molecular flexibility index (Phi) is 4.22. The van der Waals surface area contributed by atoms with Gasteiger partial charge in [-0.05, 0) is 42.5 Å². The van der Waals surface area contributed by atoms with Crippen LogP contribution in [-0.2, 0) is 20.0 Å². The van der Waals surface area contributed by atoms with Crippen LogP contribution in [-0.4, -0.2) is 26.9 Å². The van der Waals surface area contributed by atoms with Crippen molar-refractivity contribution in [3.63, 3.8) is 0 Å². The van der Waals surface area contributed by atoms with Crippen molar-refractivity contribution < 1.29 is 18.0 Å². The molecule has 1 aliphatic heterocycles. The molecule has 2 aromatic carbocycles. The van der Waals surface area contributed by atoms with Crippen LogP contribution in [0.3, 0.4) is 0 Å². The number of halogens is 3. The van der Waals surface area contributed by atoms with Gasteiger partial charge in [-0.15, -0.1) is 0 Å². The molecule has 3 aromatic rings. The van der Waals surface area contributed by atoms with Crippen molar-refractivity contribution in [2.24, 2.45) is 7.05 Å². The Morgan fingerprint density at radius 2 is 1.74 bits per heavy atom. The molecule has 1 aromatic heterocycles. The summed E-state index contributed by atoms with van der Waals surface area (Å²) in [7, 11) is 1.72. The fraction of sp³-hybridized carbons (Fsp3) is 0.200. The molecule has 0 fully saturated rings. The lowest BCUT2D eigenvalue weighted by Crippen LogP contribution is -2.38. The third kappa shape index (κ3) is 3.09. The fourth-order valence-corrected chi connectivity index (χ4v) is 3.37. The first-order valence-corrected chi connectivity index (χ1v) is 8.49. The Bertz CT molecular complexity index is 1030. The molecule has 7 heteroatoms. The van der Waals surface area contributed by atoms with Crippen molar-refractivity contribution in [2.75, 3.05) is 6.54 Å². The predicted octanol–water partition coefficient (Wildman–Crippen LogP) is 3.70. The third-order valence-electron chi connectivity index (χ3n) is 4.75. The smallest absolute Gasteiger partial charge is 0.272 e. The van der Waals surface area contributed by atoms with Gasteiger partial charge < -0.3 is 9.47 Å². The zero-order valence-corrected chi connectivity index (χ0v) is 14.5. The lowest BCUT2D eigenvalue weighted by atomic mass is 10.1. The highest BCUT2D eigenvalue weighted by Gasteiger charge is 2.31. The number of imidazole rings is 1. The number of nitrogens with zero attached hydrogens (tertiary/aromatic N) is 3. The largest absolute Gasteiger partial charge is 0.332 e. The molecule has 27 heavy (non-hydrogen) atoms. The van der Waals surface area contributed by atoms with Crippen molar-refractivity contribution in [3.8, 4) is 11.4 Å². The highest BCUT2D eigenvalue weighted by molar-refractivity contribution is 5.95. The maximum absolute atomic E-state index is 13.9. The Balaban J connectivity index is 1.66. The van der Waals surface area contributed by atoms with Gasteiger partial charge in [0, 0.05) is 37.7 Å². The van der Waals surface area contributed by atoms with E-state index in [1.807, 2.05) is 0 Å². The summed E-state index contributed by atoms with van der Waals surface area (Å²) in [5, 5.41) is 0. The highest BCUT2D eigenvalue weighted by atomic mass is 19.1. The van der Waals surface area contributed by atoms with Crippen molar-refractivity contribution in [1.29, 1.82) is 0 Å². The molecule has 2 heterocycles. The first kappa shape index (κ1) is 17.3. The number of carbonyl (C=O) groups excluding carboxylic acids is 1. The number of benzene rings is 2. The van der Waals surface area contributed by atoms with Gasteiger partial charge in [-0.25, -0.2) is 18.2 Å². The van der Waals surface area contributed by atoms with Crippen LogP contribution in [0.2, 0.25) is 0 Å². The summed E-state index contributed by atoms with van der Waals surface area (Å²) in [4.78, 5) is 18.9. The van der Waals surface area contributed by atoms with Gasteiger partial charge in [0.25, 0.3) is 5.91 Å². The third-order valence-corrected chi connectivity index (χ3v) is 4.75. The van der Waals surface area contributed by atoms with Gasteiger partial charge in [0.2, 0.25) is 0 Å². The van der Waals surface area contributed by atoms with Gasteiger partial charge in [0.05, 0.1) is 5.69 Å². The van der Waals surface area contributed by atoms with Crippen LogP contribution >= 0.6 is 0 Å². The Morgan fingerprint density at radius 1 is 1.04 bits per heavy atom. The van der Waals surface area contributed by atoms with Gasteiger partial charge in [0.1, 0.15) is 29.0 Å². The number of aromatic nitrogens is 2. The van der Waals surface area contributed by atoms with E-state index in [4.69, 9.17) is 0 Å². The molecule has 0 atom stereocenters. The van der Waals surface area contributed by atoms with Gasteiger partial charge in [-0.3, -0.25) is 4.79 Å². The van der Waals surface area contributed by atoms with E-state index in [-0.39, 0.29) is 23.8 Å². The lowest BCUT2D eigenvalue weighted by molar-refractivity contribution is 0.0714. The Hall–Kier alpha value is -3.09. The maximum Gasteiger partial charge on any atom is 0.272 e. The second-order valence-electron chi connectivity index (χ2n) is 6.51. The highest BCUT2D eigenvalue weighted by Crippen LogP contribution is 2.27. The van der Waals surface area contributed by atoms with E-state index in [1.54, 1.807) is 23.7 Å². The Morgan fingerprint density at radius 3 is 2.48 bits per heavy atom. The molecule has 1 aliphatic rings. The summed E-state index contributed by atoms with van der Waals surface area (Å²) in [5.41, 5.74) is 1.90. The average molecular weight is 371 g/mol. The molecule has 0 radical (unpaired) electrons. The summed E-state index contributed by atoms with van der Waals surface area (Å²) in [6.07, 6.45) is 0.507. The summed E-state index contributed by atoms with van der Waals surface area (Å²) < 4.78 is 42.2. The van der Waals surface area contributed by atoms with E-state index in [0.29, 0.717) is 35.7 Å². The first-order chi connectivity index (χ1) is 12.9. The molecule has 0 saturated carbocycles. The number of carbonyl (C=O) groups is 1. The number of hydrogen-bond donors (Lipinski definition) is 0. The first-order valence-electron chi connectivity index (χ1n) is 8.49. The number of hydrogen-bond acceptors (Lipinski definition) is 2.